The van der Waals surface area contributed by atoms with Gasteiger partial charge >= 0.3 is 0 Å². The second kappa shape index (κ2) is 12.9. The van der Waals surface area contributed by atoms with Gasteiger partial charge in [-0.25, -0.2) is 0 Å². The highest BCUT2D eigenvalue weighted by molar-refractivity contribution is 8.27. The molecule has 0 aliphatic rings. The summed E-state index contributed by atoms with van der Waals surface area (Å²) in [6, 6.07) is 14.6. The van der Waals surface area contributed by atoms with E-state index in [-0.39, 0.29) is 0 Å². The average Bonchev–Trinajstić information content (AvgIpc) is 2.71. The summed E-state index contributed by atoms with van der Waals surface area (Å²) in [6.07, 6.45) is 0. The van der Waals surface area contributed by atoms with Gasteiger partial charge in [0.05, 0.1) is 0 Å². The maximum absolute atomic E-state index is 8.12. The molecule has 26 heavy (non-hydrogen) atoms. The fourth-order valence-electron chi connectivity index (χ4n) is 1.83. The van der Waals surface area contributed by atoms with Crippen molar-refractivity contribution in [3.63, 3.8) is 0 Å². The molecule has 0 heterocycles. The standard InChI is InChI=1S/C17H18N4S.2C2H6/c1-11(10-18)12-2-4-13(5-3-12)16(20)22-17(21)14-6-8-15(19)9-7-14;2*1-2/h2-9,20-21H,1,10,18-19H2;2*1-2H3. The summed E-state index contributed by atoms with van der Waals surface area (Å²) in [5, 5.41) is 16.8. The molecule has 0 fully saturated rings. The smallest absolute Gasteiger partial charge is 0.100 e. The van der Waals surface area contributed by atoms with Crippen LogP contribution < -0.4 is 11.5 Å². The number of hydrogen-bond donors (Lipinski definition) is 4. The first kappa shape index (κ1) is 23.6. The quantitative estimate of drug-likeness (QED) is 0.330. The Morgan fingerprint density at radius 3 is 1.54 bits per heavy atom. The second-order valence-corrected chi connectivity index (χ2v) is 5.79. The van der Waals surface area contributed by atoms with Gasteiger partial charge in [0.25, 0.3) is 0 Å². The molecular weight excluding hydrogens is 340 g/mol. The number of thioether (sulfide) groups is 1. The van der Waals surface area contributed by atoms with Crippen LogP contribution in [-0.4, -0.2) is 16.6 Å². The summed E-state index contributed by atoms with van der Waals surface area (Å²) < 4.78 is 0. The molecule has 0 atom stereocenters. The van der Waals surface area contributed by atoms with Gasteiger partial charge in [0, 0.05) is 23.4 Å². The molecule has 0 spiro atoms. The molecule has 2 aromatic rings. The monoisotopic (exact) mass is 370 g/mol. The van der Waals surface area contributed by atoms with E-state index in [0.29, 0.717) is 22.3 Å². The molecule has 0 saturated carbocycles. The summed E-state index contributed by atoms with van der Waals surface area (Å²) >= 11 is 1.11. The van der Waals surface area contributed by atoms with Crippen molar-refractivity contribution in [2.24, 2.45) is 5.73 Å². The van der Waals surface area contributed by atoms with Gasteiger partial charge in [-0.2, -0.15) is 0 Å². The molecule has 0 bridgehead atoms. The number of rotatable bonds is 4. The van der Waals surface area contributed by atoms with E-state index >= 15 is 0 Å². The molecule has 0 amide bonds. The first-order valence-electron chi connectivity index (χ1n) is 8.71. The van der Waals surface area contributed by atoms with Gasteiger partial charge in [-0.05, 0) is 23.3 Å². The molecule has 0 aliphatic heterocycles. The Hall–Kier alpha value is -2.37. The van der Waals surface area contributed by atoms with Crippen LogP contribution in [0.15, 0.2) is 55.1 Å². The largest absolute Gasteiger partial charge is 0.399 e. The molecule has 0 aliphatic carbocycles. The topological polar surface area (TPSA) is 99.7 Å². The Balaban J connectivity index is 0.00000146. The molecule has 4 nitrogen and oxygen atoms in total. The van der Waals surface area contributed by atoms with Crippen molar-refractivity contribution in [2.45, 2.75) is 27.7 Å². The number of nitrogens with two attached hydrogens (primary N) is 2. The van der Waals surface area contributed by atoms with Crippen LogP contribution in [0.4, 0.5) is 5.69 Å². The second-order valence-electron chi connectivity index (χ2n) is 4.77. The van der Waals surface area contributed by atoms with E-state index in [2.05, 4.69) is 6.58 Å². The minimum absolute atomic E-state index is 0.320. The Bertz CT molecular complexity index is 704. The molecular formula is C21H30N4S. The normalized spacial score (nSPS) is 9.12. The molecule has 2 rings (SSSR count). The van der Waals surface area contributed by atoms with Crippen molar-refractivity contribution in [1.29, 1.82) is 10.8 Å². The van der Waals surface area contributed by atoms with Gasteiger partial charge in [-0.3, -0.25) is 10.8 Å². The van der Waals surface area contributed by atoms with Gasteiger partial charge in [-0.1, -0.05) is 82.4 Å². The lowest BCUT2D eigenvalue weighted by molar-refractivity contribution is 1.27. The third-order valence-electron chi connectivity index (χ3n) is 3.18. The van der Waals surface area contributed by atoms with Gasteiger partial charge in [0.2, 0.25) is 0 Å². The zero-order valence-corrected chi connectivity index (χ0v) is 16.9. The van der Waals surface area contributed by atoms with Crippen molar-refractivity contribution in [2.75, 3.05) is 12.3 Å². The predicted octanol–water partition coefficient (Wildman–Crippen LogP) is 5.38. The Labute approximate surface area is 161 Å². The fourth-order valence-corrected chi connectivity index (χ4v) is 2.54. The lowest BCUT2D eigenvalue weighted by Crippen LogP contribution is -2.03. The zero-order chi connectivity index (χ0) is 20.1. The van der Waals surface area contributed by atoms with Gasteiger partial charge in [-0.15, -0.1) is 0 Å². The van der Waals surface area contributed by atoms with E-state index in [4.69, 9.17) is 22.3 Å². The maximum Gasteiger partial charge on any atom is 0.100 e. The zero-order valence-electron chi connectivity index (χ0n) is 16.1. The maximum atomic E-state index is 8.12. The highest BCUT2D eigenvalue weighted by Gasteiger charge is 2.09. The SMILES string of the molecule is C=C(CN)c1ccc(C(=N)SC(=N)c2ccc(N)cc2)cc1.CC.CC. The first-order chi connectivity index (χ1) is 12.5. The summed E-state index contributed by atoms with van der Waals surface area (Å²) in [5.41, 5.74) is 15.2. The fraction of sp³-hybridized carbons (Fsp3) is 0.238. The third-order valence-corrected chi connectivity index (χ3v) is 4.06. The molecule has 5 heteroatoms. The summed E-state index contributed by atoms with van der Waals surface area (Å²) in [5.74, 6) is 0. The molecule has 0 aromatic heterocycles. The van der Waals surface area contributed by atoms with Crippen molar-refractivity contribution >= 4 is 33.1 Å². The molecule has 140 valence electrons. The highest BCUT2D eigenvalue weighted by atomic mass is 32.2. The van der Waals surface area contributed by atoms with Crippen molar-refractivity contribution < 1.29 is 0 Å². The molecule has 0 saturated heterocycles. The van der Waals surface area contributed by atoms with Gasteiger partial charge < -0.3 is 11.5 Å². The van der Waals surface area contributed by atoms with E-state index in [1.54, 1.807) is 24.3 Å². The number of nitrogens with one attached hydrogen (secondary N) is 2. The van der Waals surface area contributed by atoms with Gasteiger partial charge in [0.15, 0.2) is 0 Å². The first-order valence-corrected chi connectivity index (χ1v) is 9.52. The van der Waals surface area contributed by atoms with Crippen LogP contribution in [0.3, 0.4) is 0 Å². The molecule has 0 radical (unpaired) electrons. The van der Waals surface area contributed by atoms with Crippen LogP contribution in [-0.2, 0) is 0 Å². The Morgan fingerprint density at radius 1 is 0.808 bits per heavy atom. The number of nitrogen functional groups attached to an aromatic ring is 1. The number of anilines is 1. The van der Waals surface area contributed by atoms with E-state index in [1.807, 2.05) is 52.0 Å². The lowest BCUT2D eigenvalue weighted by atomic mass is 10.1. The van der Waals surface area contributed by atoms with E-state index in [9.17, 15) is 0 Å². The van der Waals surface area contributed by atoms with Crippen LogP contribution in [0, 0.1) is 10.8 Å². The average molecular weight is 371 g/mol. The van der Waals surface area contributed by atoms with Crippen LogP contribution in [0.5, 0.6) is 0 Å². The highest BCUT2D eigenvalue weighted by Crippen LogP contribution is 2.20. The van der Waals surface area contributed by atoms with E-state index in [0.717, 1.165) is 34.0 Å². The number of hydrogen-bond acceptors (Lipinski definition) is 5. The lowest BCUT2D eigenvalue weighted by Gasteiger charge is -2.08. The summed E-state index contributed by atoms with van der Waals surface area (Å²) in [7, 11) is 0. The van der Waals surface area contributed by atoms with Crippen LogP contribution in [0.1, 0.15) is 44.4 Å². The molecule has 0 unspecified atom stereocenters. The van der Waals surface area contributed by atoms with Crippen LogP contribution >= 0.6 is 11.8 Å². The molecule has 6 N–H and O–H groups in total. The van der Waals surface area contributed by atoms with Crippen molar-refractivity contribution in [1.82, 2.24) is 0 Å². The van der Waals surface area contributed by atoms with Gasteiger partial charge in [0.1, 0.15) is 10.1 Å². The Morgan fingerprint density at radius 2 is 1.15 bits per heavy atom. The predicted molar refractivity (Wildman–Crippen MR) is 119 cm³/mol. The Kier molecular flexibility index (Phi) is 11.7. The minimum atomic E-state index is 0.320. The van der Waals surface area contributed by atoms with Crippen LogP contribution in [0.2, 0.25) is 0 Å². The third kappa shape index (κ3) is 7.25. The minimum Gasteiger partial charge on any atom is -0.399 e. The van der Waals surface area contributed by atoms with Crippen LogP contribution in [0.25, 0.3) is 5.57 Å². The van der Waals surface area contributed by atoms with Crippen molar-refractivity contribution in [3.05, 3.63) is 71.8 Å². The van der Waals surface area contributed by atoms with E-state index in [1.165, 1.54) is 0 Å². The molecule has 2 aromatic carbocycles. The van der Waals surface area contributed by atoms with E-state index < -0.39 is 0 Å². The summed E-state index contributed by atoms with van der Waals surface area (Å²) in [6.45, 7) is 12.3. The summed E-state index contributed by atoms with van der Waals surface area (Å²) in [4.78, 5) is 0. The number of benzene rings is 2. The van der Waals surface area contributed by atoms with Crippen molar-refractivity contribution in [3.8, 4) is 0 Å².